The molecule has 0 aliphatic carbocycles. The summed E-state index contributed by atoms with van der Waals surface area (Å²) in [6.07, 6.45) is 0.632. The van der Waals surface area contributed by atoms with Crippen molar-refractivity contribution in [2.45, 2.75) is 20.3 Å². The SMILES string of the molecule is Cc1cc(C)cc(OCCc2nnc(NC(=O)Nc3ccccc3)s2)c1. The Morgan fingerprint density at radius 2 is 1.77 bits per heavy atom. The van der Waals surface area contributed by atoms with E-state index in [4.69, 9.17) is 4.74 Å². The fourth-order valence-electron chi connectivity index (χ4n) is 2.46. The Morgan fingerprint density at radius 3 is 2.50 bits per heavy atom. The summed E-state index contributed by atoms with van der Waals surface area (Å²) in [4.78, 5) is 11.9. The van der Waals surface area contributed by atoms with E-state index in [1.165, 1.54) is 22.5 Å². The maximum absolute atomic E-state index is 11.9. The fourth-order valence-corrected chi connectivity index (χ4v) is 3.17. The van der Waals surface area contributed by atoms with Crippen LogP contribution in [0.25, 0.3) is 0 Å². The van der Waals surface area contributed by atoms with Crippen molar-refractivity contribution in [1.29, 1.82) is 0 Å². The topological polar surface area (TPSA) is 76.1 Å². The molecular formula is C19H20N4O2S. The van der Waals surface area contributed by atoms with E-state index in [9.17, 15) is 4.79 Å². The Labute approximate surface area is 156 Å². The summed E-state index contributed by atoms with van der Waals surface area (Å²) in [6.45, 7) is 4.60. The third-order valence-electron chi connectivity index (χ3n) is 3.50. The summed E-state index contributed by atoms with van der Waals surface area (Å²) in [6, 6.07) is 15.0. The third-order valence-corrected chi connectivity index (χ3v) is 4.40. The van der Waals surface area contributed by atoms with E-state index in [1.807, 2.05) is 56.3 Å². The molecule has 0 saturated heterocycles. The van der Waals surface area contributed by atoms with Crippen molar-refractivity contribution in [2.24, 2.45) is 0 Å². The number of hydrogen-bond donors (Lipinski definition) is 2. The van der Waals surface area contributed by atoms with Gasteiger partial charge < -0.3 is 10.1 Å². The van der Waals surface area contributed by atoms with Crippen LogP contribution in [0, 0.1) is 13.8 Å². The number of urea groups is 1. The van der Waals surface area contributed by atoms with E-state index in [2.05, 4.69) is 26.9 Å². The van der Waals surface area contributed by atoms with Gasteiger partial charge in [-0.05, 0) is 49.2 Å². The first kappa shape index (κ1) is 17.9. The number of rotatable bonds is 6. The molecule has 0 unspecified atom stereocenters. The number of nitrogens with one attached hydrogen (secondary N) is 2. The maximum atomic E-state index is 11.9. The largest absolute Gasteiger partial charge is 0.493 e. The monoisotopic (exact) mass is 368 g/mol. The minimum Gasteiger partial charge on any atom is -0.493 e. The Morgan fingerprint density at radius 1 is 1.04 bits per heavy atom. The lowest BCUT2D eigenvalue weighted by molar-refractivity contribution is 0.262. The van der Waals surface area contributed by atoms with Gasteiger partial charge in [-0.3, -0.25) is 5.32 Å². The zero-order valence-electron chi connectivity index (χ0n) is 14.7. The molecular weight excluding hydrogens is 348 g/mol. The highest BCUT2D eigenvalue weighted by molar-refractivity contribution is 7.15. The normalized spacial score (nSPS) is 10.4. The van der Waals surface area contributed by atoms with Crippen molar-refractivity contribution in [3.63, 3.8) is 0 Å². The van der Waals surface area contributed by atoms with Gasteiger partial charge in [0.1, 0.15) is 10.8 Å². The molecule has 3 rings (SSSR count). The Balaban J connectivity index is 1.47. The van der Waals surface area contributed by atoms with Crippen molar-refractivity contribution in [2.75, 3.05) is 17.2 Å². The molecule has 0 aliphatic heterocycles. The average molecular weight is 368 g/mol. The lowest BCUT2D eigenvalue weighted by Gasteiger charge is -2.07. The number of para-hydroxylation sites is 1. The van der Waals surface area contributed by atoms with Crippen LogP contribution in [0.1, 0.15) is 16.1 Å². The highest BCUT2D eigenvalue weighted by Crippen LogP contribution is 2.19. The summed E-state index contributed by atoms with van der Waals surface area (Å²) in [5, 5.41) is 14.8. The van der Waals surface area contributed by atoms with Crippen LogP contribution in [0.5, 0.6) is 5.75 Å². The van der Waals surface area contributed by atoms with Crippen molar-refractivity contribution >= 4 is 28.2 Å². The first-order valence-electron chi connectivity index (χ1n) is 8.25. The number of hydrogen-bond acceptors (Lipinski definition) is 5. The van der Waals surface area contributed by atoms with Crippen LogP contribution in [0.3, 0.4) is 0 Å². The molecule has 1 heterocycles. The summed E-state index contributed by atoms with van der Waals surface area (Å²) < 4.78 is 5.78. The molecule has 2 amide bonds. The highest BCUT2D eigenvalue weighted by Gasteiger charge is 2.08. The van der Waals surface area contributed by atoms with Crippen molar-refractivity contribution in [1.82, 2.24) is 10.2 Å². The molecule has 3 aromatic rings. The standard InChI is InChI=1S/C19H20N4O2S/c1-13-10-14(2)12-16(11-13)25-9-8-17-22-23-19(26-17)21-18(24)20-15-6-4-3-5-7-15/h3-7,10-12H,8-9H2,1-2H3,(H2,20,21,23,24). The molecule has 2 aromatic carbocycles. The highest BCUT2D eigenvalue weighted by atomic mass is 32.1. The predicted octanol–water partition coefficient (Wildman–Crippen LogP) is 4.42. The summed E-state index contributed by atoms with van der Waals surface area (Å²) >= 11 is 1.34. The summed E-state index contributed by atoms with van der Waals surface area (Å²) in [7, 11) is 0. The molecule has 0 saturated carbocycles. The predicted molar refractivity (Wildman–Crippen MR) is 104 cm³/mol. The lowest BCUT2D eigenvalue weighted by atomic mass is 10.1. The Hall–Kier alpha value is -2.93. The zero-order chi connectivity index (χ0) is 18.4. The molecule has 7 heteroatoms. The van der Waals surface area contributed by atoms with E-state index >= 15 is 0 Å². The molecule has 2 N–H and O–H groups in total. The van der Waals surface area contributed by atoms with Gasteiger partial charge in [0.2, 0.25) is 5.13 Å². The van der Waals surface area contributed by atoms with Gasteiger partial charge in [-0.2, -0.15) is 0 Å². The molecule has 0 bridgehead atoms. The Kier molecular flexibility index (Phi) is 5.80. The summed E-state index contributed by atoms with van der Waals surface area (Å²) in [5.74, 6) is 0.854. The van der Waals surface area contributed by atoms with Crippen LogP contribution in [0.2, 0.25) is 0 Å². The molecule has 0 radical (unpaired) electrons. The number of carbonyl (C=O) groups is 1. The number of carbonyl (C=O) groups excluding carboxylic acids is 1. The van der Waals surface area contributed by atoms with Gasteiger partial charge in [0.05, 0.1) is 6.61 Å². The van der Waals surface area contributed by atoms with Gasteiger partial charge in [0.15, 0.2) is 0 Å². The number of anilines is 2. The maximum Gasteiger partial charge on any atom is 0.325 e. The van der Waals surface area contributed by atoms with Crippen LogP contribution in [-0.4, -0.2) is 22.8 Å². The minimum absolute atomic E-state index is 0.342. The second kappa shape index (κ2) is 8.44. The summed E-state index contributed by atoms with van der Waals surface area (Å²) in [5.41, 5.74) is 3.07. The van der Waals surface area contributed by atoms with Gasteiger partial charge in [0.25, 0.3) is 0 Å². The molecule has 26 heavy (non-hydrogen) atoms. The first-order valence-corrected chi connectivity index (χ1v) is 9.07. The lowest BCUT2D eigenvalue weighted by Crippen LogP contribution is -2.19. The number of aromatic nitrogens is 2. The average Bonchev–Trinajstić information content (AvgIpc) is 3.02. The van der Waals surface area contributed by atoms with Gasteiger partial charge in [-0.15, -0.1) is 10.2 Å². The number of aryl methyl sites for hydroxylation is 2. The molecule has 0 spiro atoms. The zero-order valence-corrected chi connectivity index (χ0v) is 15.5. The first-order chi connectivity index (χ1) is 12.6. The smallest absolute Gasteiger partial charge is 0.325 e. The van der Waals surface area contributed by atoms with E-state index in [1.54, 1.807) is 0 Å². The van der Waals surface area contributed by atoms with Crippen LogP contribution in [-0.2, 0) is 6.42 Å². The quantitative estimate of drug-likeness (QED) is 0.675. The fraction of sp³-hybridized carbons (Fsp3) is 0.211. The van der Waals surface area contributed by atoms with Gasteiger partial charge in [-0.1, -0.05) is 35.6 Å². The minimum atomic E-state index is -0.342. The molecule has 134 valence electrons. The second-order valence-corrected chi connectivity index (χ2v) is 6.93. The van der Waals surface area contributed by atoms with Gasteiger partial charge in [0, 0.05) is 12.1 Å². The third kappa shape index (κ3) is 5.29. The molecule has 0 aliphatic rings. The van der Waals surface area contributed by atoms with E-state index < -0.39 is 0 Å². The number of nitrogens with zero attached hydrogens (tertiary/aromatic N) is 2. The van der Waals surface area contributed by atoms with Crippen LogP contribution < -0.4 is 15.4 Å². The van der Waals surface area contributed by atoms with Gasteiger partial charge in [-0.25, -0.2) is 4.79 Å². The van der Waals surface area contributed by atoms with Crippen LogP contribution in [0.15, 0.2) is 48.5 Å². The Bertz CT molecular complexity index is 860. The van der Waals surface area contributed by atoms with Crippen LogP contribution in [0.4, 0.5) is 15.6 Å². The van der Waals surface area contributed by atoms with Crippen molar-refractivity contribution < 1.29 is 9.53 Å². The number of ether oxygens (including phenoxy) is 1. The number of amides is 2. The van der Waals surface area contributed by atoms with E-state index in [0.717, 1.165) is 16.4 Å². The second-order valence-electron chi connectivity index (χ2n) is 5.87. The van der Waals surface area contributed by atoms with Crippen molar-refractivity contribution in [3.05, 3.63) is 64.7 Å². The van der Waals surface area contributed by atoms with Crippen molar-refractivity contribution in [3.8, 4) is 5.75 Å². The molecule has 1 aromatic heterocycles. The molecule has 0 atom stereocenters. The van der Waals surface area contributed by atoms with E-state index in [-0.39, 0.29) is 6.03 Å². The van der Waals surface area contributed by atoms with Gasteiger partial charge >= 0.3 is 6.03 Å². The molecule has 6 nitrogen and oxygen atoms in total. The number of benzene rings is 2. The van der Waals surface area contributed by atoms with Crippen LogP contribution >= 0.6 is 11.3 Å². The van der Waals surface area contributed by atoms with E-state index in [0.29, 0.717) is 18.2 Å². The molecule has 0 fully saturated rings.